The van der Waals surface area contributed by atoms with E-state index in [1.165, 1.54) is 5.56 Å². The summed E-state index contributed by atoms with van der Waals surface area (Å²) in [5, 5.41) is 3.23. The number of ether oxygens (including phenoxy) is 1. The van der Waals surface area contributed by atoms with Crippen LogP contribution in [0.15, 0.2) is 90.0 Å². The van der Waals surface area contributed by atoms with Gasteiger partial charge in [0.05, 0.1) is 5.52 Å². The van der Waals surface area contributed by atoms with Crippen molar-refractivity contribution in [2.24, 2.45) is 0 Å². The fourth-order valence-electron chi connectivity index (χ4n) is 4.45. The van der Waals surface area contributed by atoms with Crippen LogP contribution in [-0.4, -0.2) is 14.5 Å². The predicted octanol–water partition coefficient (Wildman–Crippen LogP) is 7.52. The van der Waals surface area contributed by atoms with E-state index in [0.717, 1.165) is 38.5 Å². The van der Waals surface area contributed by atoms with Gasteiger partial charge in [-0.2, -0.15) is 6.07 Å². The first-order valence-electron chi connectivity index (χ1n) is 11.6. The SMILES string of the molecule is CC(C)(C)c1ccnc(-n2c3[c-]c(Oc4ccc5cccc([S-])c5n4)ccc3c3ccccc32)c1.[Pt+2]. The normalized spacial score (nSPS) is 11.6. The Bertz CT molecular complexity index is 1740. The van der Waals surface area contributed by atoms with Crippen LogP contribution in [0.1, 0.15) is 26.3 Å². The Kier molecular flexibility index (Phi) is 6.32. The van der Waals surface area contributed by atoms with Crippen molar-refractivity contribution in [1.82, 2.24) is 14.5 Å². The summed E-state index contributed by atoms with van der Waals surface area (Å²) in [4.78, 5) is 10.1. The van der Waals surface area contributed by atoms with Gasteiger partial charge in [0.1, 0.15) is 5.82 Å². The molecule has 6 heteroatoms. The molecular formula is C30H23N3OPtS. The van der Waals surface area contributed by atoms with Crippen LogP contribution in [0.3, 0.4) is 0 Å². The zero-order valence-corrected chi connectivity index (χ0v) is 23.1. The molecule has 6 rings (SSSR count). The number of benzene rings is 3. The van der Waals surface area contributed by atoms with Gasteiger partial charge in [0, 0.05) is 23.5 Å². The minimum absolute atomic E-state index is 0. The zero-order valence-electron chi connectivity index (χ0n) is 20.1. The van der Waals surface area contributed by atoms with Gasteiger partial charge >= 0.3 is 21.1 Å². The predicted molar refractivity (Wildman–Crippen MR) is 144 cm³/mol. The van der Waals surface area contributed by atoms with E-state index in [0.29, 0.717) is 16.5 Å². The molecule has 3 heterocycles. The van der Waals surface area contributed by atoms with Gasteiger partial charge < -0.3 is 21.9 Å². The minimum atomic E-state index is 0. The largest absolute Gasteiger partial charge is 2.00 e. The summed E-state index contributed by atoms with van der Waals surface area (Å²) in [5.41, 5.74) is 3.99. The van der Waals surface area contributed by atoms with Crippen molar-refractivity contribution in [3.05, 3.63) is 96.7 Å². The van der Waals surface area contributed by atoms with Gasteiger partial charge in [-0.3, -0.25) is 0 Å². The van der Waals surface area contributed by atoms with E-state index < -0.39 is 0 Å². The smallest absolute Gasteiger partial charge is 0.778 e. The van der Waals surface area contributed by atoms with Crippen LogP contribution in [0.5, 0.6) is 11.6 Å². The Morgan fingerprint density at radius 3 is 2.56 bits per heavy atom. The molecule has 4 nitrogen and oxygen atoms in total. The second-order valence-electron chi connectivity index (χ2n) is 9.67. The van der Waals surface area contributed by atoms with E-state index in [1.54, 1.807) is 0 Å². The van der Waals surface area contributed by atoms with Gasteiger partial charge in [0.15, 0.2) is 0 Å². The number of rotatable bonds is 3. The molecule has 0 amide bonds. The summed E-state index contributed by atoms with van der Waals surface area (Å²) in [6, 6.07) is 29.7. The first-order chi connectivity index (χ1) is 16.9. The summed E-state index contributed by atoms with van der Waals surface area (Å²) < 4.78 is 8.32. The molecule has 0 saturated carbocycles. The summed E-state index contributed by atoms with van der Waals surface area (Å²) >= 11 is 5.45. The van der Waals surface area contributed by atoms with Crippen LogP contribution in [-0.2, 0) is 39.1 Å². The second kappa shape index (κ2) is 9.31. The van der Waals surface area contributed by atoms with Gasteiger partial charge in [0.2, 0.25) is 5.88 Å². The molecule has 0 bridgehead atoms. The Labute approximate surface area is 230 Å². The molecule has 0 aliphatic heterocycles. The molecule has 3 aromatic heterocycles. The van der Waals surface area contributed by atoms with Crippen LogP contribution in [0.4, 0.5) is 0 Å². The van der Waals surface area contributed by atoms with Crippen molar-refractivity contribution in [1.29, 1.82) is 0 Å². The van der Waals surface area contributed by atoms with Crippen molar-refractivity contribution >= 4 is 45.3 Å². The van der Waals surface area contributed by atoms with Crippen LogP contribution in [0.2, 0.25) is 0 Å². The average molecular weight is 669 g/mol. The number of hydrogen-bond donors (Lipinski definition) is 0. The Balaban J connectivity index is 0.00000267. The zero-order chi connectivity index (χ0) is 24.2. The van der Waals surface area contributed by atoms with E-state index in [1.807, 2.05) is 48.7 Å². The molecule has 0 unspecified atom stereocenters. The molecular weight excluding hydrogens is 645 g/mol. The van der Waals surface area contributed by atoms with E-state index in [4.69, 9.17) is 22.3 Å². The van der Waals surface area contributed by atoms with Crippen LogP contribution >= 0.6 is 0 Å². The van der Waals surface area contributed by atoms with Gasteiger partial charge in [-0.25, -0.2) is 9.97 Å². The fourth-order valence-corrected chi connectivity index (χ4v) is 4.69. The number of fused-ring (bicyclic) bond motifs is 4. The van der Waals surface area contributed by atoms with Crippen LogP contribution in [0, 0.1) is 6.07 Å². The molecule has 0 fully saturated rings. The van der Waals surface area contributed by atoms with Gasteiger partial charge in [0.25, 0.3) is 0 Å². The third kappa shape index (κ3) is 4.27. The standard InChI is InChI=1S/C30H24N3OS.Pt/c1-30(2,3)20-15-16-31-27(17-20)33-24-9-5-4-8-22(24)23-13-12-21(18-25(23)33)34-28-14-11-19-7-6-10-26(35)29(19)32-28;/h4-17,35H,1-3H3;/q-1;+2/p-1. The maximum Gasteiger partial charge on any atom is 2.00 e. The van der Waals surface area contributed by atoms with E-state index in [2.05, 4.69) is 72.8 Å². The monoisotopic (exact) mass is 668 g/mol. The Morgan fingerprint density at radius 2 is 1.72 bits per heavy atom. The minimum Gasteiger partial charge on any atom is -0.778 e. The quantitative estimate of drug-likeness (QED) is 0.145. The molecule has 0 aliphatic rings. The average Bonchev–Trinajstić information content (AvgIpc) is 3.18. The number of hydrogen-bond acceptors (Lipinski definition) is 4. The van der Waals surface area contributed by atoms with E-state index in [9.17, 15) is 0 Å². The maximum absolute atomic E-state index is 6.17. The number of para-hydroxylation sites is 2. The molecule has 6 aromatic rings. The van der Waals surface area contributed by atoms with Crippen molar-refractivity contribution in [2.75, 3.05) is 0 Å². The summed E-state index contributed by atoms with van der Waals surface area (Å²) in [5.74, 6) is 1.93. The Hall–Kier alpha value is -3.27. The van der Waals surface area contributed by atoms with Crippen molar-refractivity contribution in [2.45, 2.75) is 31.1 Å². The molecule has 0 saturated heterocycles. The van der Waals surface area contributed by atoms with Gasteiger partial charge in [-0.1, -0.05) is 62.7 Å². The third-order valence-electron chi connectivity index (χ3n) is 6.27. The van der Waals surface area contributed by atoms with Crippen LogP contribution < -0.4 is 4.74 Å². The maximum atomic E-state index is 6.17. The number of pyridine rings is 2. The number of nitrogens with zero attached hydrogens (tertiary/aromatic N) is 3. The summed E-state index contributed by atoms with van der Waals surface area (Å²) in [7, 11) is 0. The molecule has 0 atom stereocenters. The molecule has 0 N–H and O–H groups in total. The number of aromatic nitrogens is 3. The molecule has 180 valence electrons. The molecule has 3 aromatic carbocycles. The first-order valence-corrected chi connectivity index (χ1v) is 12.0. The second-order valence-corrected chi connectivity index (χ2v) is 10.1. The molecule has 36 heavy (non-hydrogen) atoms. The first kappa shape index (κ1) is 24.4. The van der Waals surface area contributed by atoms with Crippen molar-refractivity contribution < 1.29 is 25.8 Å². The summed E-state index contributed by atoms with van der Waals surface area (Å²) in [6.45, 7) is 6.63. The topological polar surface area (TPSA) is 39.9 Å². The van der Waals surface area contributed by atoms with Gasteiger partial charge in [-0.05, 0) is 46.0 Å². The summed E-state index contributed by atoms with van der Waals surface area (Å²) in [6.07, 6.45) is 1.88. The fraction of sp³-hybridized carbons (Fsp3) is 0.133. The van der Waals surface area contributed by atoms with Crippen LogP contribution in [0.25, 0.3) is 38.5 Å². The molecule has 0 spiro atoms. The van der Waals surface area contributed by atoms with Crippen molar-refractivity contribution in [3.8, 4) is 17.4 Å². The molecule has 0 radical (unpaired) electrons. The van der Waals surface area contributed by atoms with E-state index in [-0.39, 0.29) is 26.5 Å². The van der Waals surface area contributed by atoms with Gasteiger partial charge in [-0.15, -0.1) is 22.4 Å². The van der Waals surface area contributed by atoms with Crippen molar-refractivity contribution in [3.63, 3.8) is 0 Å². The van der Waals surface area contributed by atoms with E-state index >= 15 is 0 Å². The Morgan fingerprint density at radius 1 is 0.889 bits per heavy atom. The molecule has 0 aliphatic carbocycles. The third-order valence-corrected chi connectivity index (χ3v) is 6.60.